The smallest absolute Gasteiger partial charge is 0.271 e. The fourth-order valence-electron chi connectivity index (χ4n) is 1.89. The van der Waals surface area contributed by atoms with Crippen LogP contribution in [0, 0.1) is 0 Å². The number of nitrogens with zero attached hydrogens (tertiary/aromatic N) is 2. The number of nitrogen functional groups attached to an aromatic ring is 1. The Morgan fingerprint density at radius 3 is 3.15 bits per heavy atom. The quantitative estimate of drug-likeness (QED) is 0.420. The monoisotopic (exact) mass is 290 g/mol. The van der Waals surface area contributed by atoms with E-state index in [9.17, 15) is 9.59 Å². The molecular weight excluding hydrogens is 280 g/mol. The van der Waals surface area contributed by atoms with Crippen LogP contribution in [0.3, 0.4) is 0 Å². The lowest BCUT2D eigenvalue weighted by atomic mass is 10.2. The van der Waals surface area contributed by atoms with E-state index in [0.29, 0.717) is 21.5 Å². The van der Waals surface area contributed by atoms with E-state index in [2.05, 4.69) is 4.98 Å². The molecule has 8 heteroatoms. The molecule has 3 aromatic heterocycles. The van der Waals surface area contributed by atoms with Gasteiger partial charge >= 0.3 is 0 Å². The Balaban J connectivity index is 2.02. The number of hydrogen-bond donors (Lipinski definition) is 2. The van der Waals surface area contributed by atoms with Gasteiger partial charge < -0.3 is 4.42 Å². The Labute approximate surface area is 116 Å². The average molecular weight is 290 g/mol. The molecule has 0 aromatic carbocycles. The van der Waals surface area contributed by atoms with Crippen LogP contribution in [0.25, 0.3) is 10.2 Å². The lowest BCUT2D eigenvalue weighted by Gasteiger charge is -2.04. The van der Waals surface area contributed by atoms with Crippen molar-refractivity contribution in [3.63, 3.8) is 0 Å². The first-order chi connectivity index (χ1) is 9.70. The number of carbonyl (C=O) groups is 1. The molecule has 0 aliphatic carbocycles. The minimum Gasteiger partial charge on any atom is -0.467 e. The van der Waals surface area contributed by atoms with E-state index >= 15 is 0 Å². The van der Waals surface area contributed by atoms with E-state index in [1.807, 2.05) is 10.8 Å². The lowest BCUT2D eigenvalue weighted by Crippen LogP contribution is -2.31. The third-order valence-corrected chi connectivity index (χ3v) is 3.76. The minimum atomic E-state index is -0.466. The Morgan fingerprint density at radius 2 is 2.35 bits per heavy atom. The molecule has 0 atom stereocenters. The molecule has 0 unspecified atom stereocenters. The number of hydrazine groups is 1. The van der Waals surface area contributed by atoms with Gasteiger partial charge in [0.05, 0.1) is 30.2 Å². The molecule has 0 saturated heterocycles. The van der Waals surface area contributed by atoms with Crippen LogP contribution in [0.15, 0.2) is 39.3 Å². The molecule has 0 fully saturated rings. The predicted molar refractivity (Wildman–Crippen MR) is 73.3 cm³/mol. The maximum Gasteiger partial charge on any atom is 0.271 e. The summed E-state index contributed by atoms with van der Waals surface area (Å²) in [6.07, 6.45) is 2.81. The Bertz CT molecular complexity index is 832. The van der Waals surface area contributed by atoms with Gasteiger partial charge in [0, 0.05) is 0 Å². The summed E-state index contributed by atoms with van der Waals surface area (Å²) in [5.74, 6) is 4.98. The van der Waals surface area contributed by atoms with E-state index in [-0.39, 0.29) is 12.1 Å². The number of nitrogens with one attached hydrogen (secondary N) is 1. The summed E-state index contributed by atoms with van der Waals surface area (Å²) in [4.78, 5) is 28.0. The molecule has 3 heterocycles. The molecule has 1 amide bonds. The first-order valence-electron chi connectivity index (χ1n) is 5.70. The summed E-state index contributed by atoms with van der Waals surface area (Å²) in [7, 11) is 0. The highest BCUT2D eigenvalue weighted by Gasteiger charge is 2.15. The topological polar surface area (TPSA) is 103 Å². The van der Waals surface area contributed by atoms with Crippen molar-refractivity contribution in [3.8, 4) is 0 Å². The third kappa shape index (κ3) is 2.00. The highest BCUT2D eigenvalue weighted by Crippen LogP contribution is 2.15. The molecule has 3 N–H and O–H groups in total. The molecule has 0 saturated carbocycles. The van der Waals surface area contributed by atoms with Crippen molar-refractivity contribution >= 4 is 27.5 Å². The number of thiophene rings is 1. The third-order valence-electron chi connectivity index (χ3n) is 2.87. The number of hydrogen-bond acceptors (Lipinski definition) is 6. The number of furan rings is 1. The number of nitrogens with two attached hydrogens (primary N) is 1. The molecule has 0 bridgehead atoms. The number of rotatable bonds is 3. The second-order valence-corrected chi connectivity index (χ2v) is 4.96. The maximum atomic E-state index is 12.2. The second kappa shape index (κ2) is 4.91. The number of carbonyl (C=O) groups excluding carboxylic acids is 1. The fourth-order valence-corrected chi connectivity index (χ4v) is 2.68. The zero-order valence-corrected chi connectivity index (χ0v) is 11.0. The highest BCUT2D eigenvalue weighted by atomic mass is 32.1. The van der Waals surface area contributed by atoms with E-state index in [1.54, 1.807) is 6.07 Å². The number of aromatic nitrogens is 2. The summed E-state index contributed by atoms with van der Waals surface area (Å²) in [5, 5.41) is 1.81. The van der Waals surface area contributed by atoms with Gasteiger partial charge in [0.15, 0.2) is 0 Å². The van der Waals surface area contributed by atoms with Gasteiger partial charge in [-0.3, -0.25) is 19.6 Å². The lowest BCUT2D eigenvalue weighted by molar-refractivity contribution is 0.0951. The maximum absolute atomic E-state index is 12.2. The summed E-state index contributed by atoms with van der Waals surface area (Å²) in [5.41, 5.74) is 2.83. The van der Waals surface area contributed by atoms with Gasteiger partial charge in [-0.1, -0.05) is 0 Å². The molecule has 20 heavy (non-hydrogen) atoms. The van der Waals surface area contributed by atoms with Crippen LogP contribution >= 0.6 is 11.3 Å². The summed E-state index contributed by atoms with van der Waals surface area (Å²) < 4.78 is 7.21. The molecule has 0 spiro atoms. The molecule has 7 nitrogen and oxygen atoms in total. The van der Waals surface area contributed by atoms with Crippen molar-refractivity contribution in [1.82, 2.24) is 15.0 Å². The van der Waals surface area contributed by atoms with Crippen molar-refractivity contribution in [2.75, 3.05) is 0 Å². The van der Waals surface area contributed by atoms with E-state index in [1.165, 1.54) is 34.6 Å². The van der Waals surface area contributed by atoms with Crippen LogP contribution in [0.1, 0.15) is 16.1 Å². The Hall–Kier alpha value is -2.45. The molecule has 0 aliphatic rings. The Kier molecular flexibility index (Phi) is 3.09. The summed E-state index contributed by atoms with van der Waals surface area (Å²) >= 11 is 1.33. The van der Waals surface area contributed by atoms with Crippen LogP contribution in [0.2, 0.25) is 0 Å². The number of amides is 1. The van der Waals surface area contributed by atoms with Crippen molar-refractivity contribution in [2.45, 2.75) is 6.54 Å². The van der Waals surface area contributed by atoms with E-state index in [4.69, 9.17) is 10.3 Å². The molecular formula is C12H10N4O3S. The van der Waals surface area contributed by atoms with Gasteiger partial charge in [-0.05, 0) is 17.5 Å². The minimum absolute atomic E-state index is 0.120. The van der Waals surface area contributed by atoms with Crippen LogP contribution in [-0.2, 0) is 6.54 Å². The standard InChI is InChI=1S/C12H10N4O3S/c13-15-11(17)7-1-3-19-9(7)5-16-6-14-8-2-4-20-10(8)12(16)18/h1-4,6H,5,13H2,(H,15,17). The van der Waals surface area contributed by atoms with Gasteiger partial charge in [-0.15, -0.1) is 11.3 Å². The molecule has 0 radical (unpaired) electrons. The second-order valence-electron chi connectivity index (χ2n) is 4.04. The van der Waals surface area contributed by atoms with Crippen molar-refractivity contribution in [3.05, 3.63) is 51.8 Å². The summed E-state index contributed by atoms with van der Waals surface area (Å²) in [6, 6.07) is 3.28. The summed E-state index contributed by atoms with van der Waals surface area (Å²) in [6.45, 7) is 0.120. The van der Waals surface area contributed by atoms with Crippen LogP contribution in [-0.4, -0.2) is 15.5 Å². The highest BCUT2D eigenvalue weighted by molar-refractivity contribution is 7.17. The van der Waals surface area contributed by atoms with Crippen LogP contribution in [0.5, 0.6) is 0 Å². The van der Waals surface area contributed by atoms with Crippen molar-refractivity contribution in [2.24, 2.45) is 5.84 Å². The largest absolute Gasteiger partial charge is 0.467 e. The van der Waals surface area contributed by atoms with Gasteiger partial charge in [-0.25, -0.2) is 10.8 Å². The van der Waals surface area contributed by atoms with Gasteiger partial charge in [0.2, 0.25) is 0 Å². The first kappa shape index (κ1) is 12.6. The molecule has 3 rings (SSSR count). The predicted octanol–water partition coefficient (Wildman–Crippen LogP) is 0.703. The Morgan fingerprint density at radius 1 is 1.50 bits per heavy atom. The van der Waals surface area contributed by atoms with Gasteiger partial charge in [0.1, 0.15) is 10.5 Å². The molecule has 3 aromatic rings. The van der Waals surface area contributed by atoms with Crippen molar-refractivity contribution in [1.29, 1.82) is 0 Å². The molecule has 0 aliphatic heterocycles. The van der Waals surface area contributed by atoms with Crippen LogP contribution < -0.4 is 16.8 Å². The SMILES string of the molecule is NNC(=O)c1ccoc1Cn1cnc2ccsc2c1=O. The number of fused-ring (bicyclic) bond motifs is 1. The van der Waals surface area contributed by atoms with E-state index in [0.717, 1.165) is 0 Å². The zero-order chi connectivity index (χ0) is 14.1. The zero-order valence-electron chi connectivity index (χ0n) is 10.2. The fraction of sp³-hybridized carbons (Fsp3) is 0.0833. The van der Waals surface area contributed by atoms with Gasteiger partial charge in [-0.2, -0.15) is 0 Å². The van der Waals surface area contributed by atoms with Crippen LogP contribution in [0.4, 0.5) is 0 Å². The van der Waals surface area contributed by atoms with Crippen molar-refractivity contribution < 1.29 is 9.21 Å². The average Bonchev–Trinajstić information content (AvgIpc) is 3.10. The normalized spacial score (nSPS) is 10.8. The van der Waals surface area contributed by atoms with Gasteiger partial charge in [0.25, 0.3) is 11.5 Å². The molecule has 102 valence electrons. The van der Waals surface area contributed by atoms with E-state index < -0.39 is 5.91 Å². The first-order valence-corrected chi connectivity index (χ1v) is 6.58.